The number of fused-ring (bicyclic) bond motifs is 3. The molecule has 0 aliphatic heterocycles. The highest BCUT2D eigenvalue weighted by molar-refractivity contribution is 6.01. The van der Waals surface area contributed by atoms with Gasteiger partial charge in [0.15, 0.2) is 17.3 Å². The van der Waals surface area contributed by atoms with E-state index in [1.165, 1.54) is 7.11 Å². The molecule has 8 nitrogen and oxygen atoms in total. The number of aromatic nitrogens is 4. The first kappa shape index (κ1) is 19.5. The highest BCUT2D eigenvalue weighted by Gasteiger charge is 2.16. The normalized spacial score (nSPS) is 10.9. The van der Waals surface area contributed by atoms with E-state index in [1.54, 1.807) is 23.8 Å². The van der Waals surface area contributed by atoms with Gasteiger partial charge in [0.2, 0.25) is 0 Å². The molecule has 0 aliphatic carbocycles. The second-order valence-corrected chi connectivity index (χ2v) is 7.08. The van der Waals surface area contributed by atoms with Crippen molar-refractivity contribution in [1.82, 2.24) is 19.8 Å². The van der Waals surface area contributed by atoms with Crippen LogP contribution in [0, 0.1) is 0 Å². The number of methoxy groups -OCH3 is 2. The molecular weight excluding hydrogens is 406 g/mol. The van der Waals surface area contributed by atoms with Crippen molar-refractivity contribution in [2.45, 2.75) is 0 Å². The number of ether oxygens (including phenoxy) is 2. The topological polar surface area (TPSA) is 90.6 Å². The molecular formula is C24H19N5O3. The zero-order valence-corrected chi connectivity index (χ0v) is 17.4. The molecule has 0 fully saturated rings. The van der Waals surface area contributed by atoms with Crippen LogP contribution in [-0.2, 0) is 4.74 Å². The van der Waals surface area contributed by atoms with E-state index < -0.39 is 0 Å². The summed E-state index contributed by atoms with van der Waals surface area (Å²) in [5.74, 6) is 1.65. The summed E-state index contributed by atoms with van der Waals surface area (Å²) in [5, 5.41) is 18.8. The standard InChI is InChI=1S/C24H19N5O3/c1-31-18-13-9-15(10-14-18)22-26-27-23-20-6-4-3-5-19(20)21(28-29(22)23)25-17-11-7-16(8-12-17)24(30)32-2/h3-14H,1-2H3,(H,25,28). The lowest BCUT2D eigenvalue weighted by Gasteiger charge is -2.11. The van der Waals surface area contributed by atoms with Gasteiger partial charge in [0.05, 0.1) is 19.8 Å². The molecule has 0 saturated carbocycles. The minimum Gasteiger partial charge on any atom is -0.497 e. The number of esters is 1. The average Bonchev–Trinajstić information content (AvgIpc) is 3.28. The van der Waals surface area contributed by atoms with Gasteiger partial charge in [-0.3, -0.25) is 0 Å². The fourth-order valence-corrected chi connectivity index (χ4v) is 3.54. The molecule has 5 aromatic rings. The van der Waals surface area contributed by atoms with Crippen molar-refractivity contribution in [3.8, 4) is 17.1 Å². The van der Waals surface area contributed by atoms with Gasteiger partial charge in [-0.15, -0.1) is 15.3 Å². The highest BCUT2D eigenvalue weighted by Crippen LogP contribution is 2.29. The van der Waals surface area contributed by atoms with Gasteiger partial charge in [-0.1, -0.05) is 24.3 Å². The summed E-state index contributed by atoms with van der Waals surface area (Å²) in [4.78, 5) is 11.7. The van der Waals surface area contributed by atoms with Crippen LogP contribution >= 0.6 is 0 Å². The zero-order chi connectivity index (χ0) is 22.1. The first-order chi connectivity index (χ1) is 15.7. The van der Waals surface area contributed by atoms with E-state index >= 15 is 0 Å². The van der Waals surface area contributed by atoms with E-state index in [0.29, 0.717) is 22.9 Å². The molecule has 1 N–H and O–H groups in total. The van der Waals surface area contributed by atoms with Crippen LogP contribution in [0.1, 0.15) is 10.4 Å². The number of hydrogen-bond donors (Lipinski definition) is 1. The van der Waals surface area contributed by atoms with Crippen molar-refractivity contribution >= 4 is 33.9 Å². The maximum atomic E-state index is 11.7. The summed E-state index contributed by atoms with van der Waals surface area (Å²) in [6.45, 7) is 0. The molecule has 0 amide bonds. The summed E-state index contributed by atoms with van der Waals surface area (Å²) in [7, 11) is 2.99. The van der Waals surface area contributed by atoms with Gasteiger partial charge >= 0.3 is 5.97 Å². The van der Waals surface area contributed by atoms with Gasteiger partial charge in [-0.2, -0.15) is 4.52 Å². The van der Waals surface area contributed by atoms with Crippen LogP contribution in [0.5, 0.6) is 5.75 Å². The molecule has 0 saturated heterocycles. The van der Waals surface area contributed by atoms with E-state index in [9.17, 15) is 4.79 Å². The number of hydrogen-bond acceptors (Lipinski definition) is 7. The first-order valence-corrected chi connectivity index (χ1v) is 9.92. The Bertz CT molecular complexity index is 1430. The summed E-state index contributed by atoms with van der Waals surface area (Å²) < 4.78 is 11.7. The Labute approximate surface area is 183 Å². The van der Waals surface area contributed by atoms with Gasteiger partial charge in [-0.25, -0.2) is 4.79 Å². The van der Waals surface area contributed by atoms with Crippen molar-refractivity contribution in [3.05, 3.63) is 78.4 Å². The number of carbonyl (C=O) groups is 1. The fraction of sp³-hybridized carbons (Fsp3) is 0.0833. The smallest absolute Gasteiger partial charge is 0.337 e. The van der Waals surface area contributed by atoms with E-state index in [-0.39, 0.29) is 5.97 Å². The van der Waals surface area contributed by atoms with Crippen molar-refractivity contribution in [1.29, 1.82) is 0 Å². The molecule has 32 heavy (non-hydrogen) atoms. The number of carbonyl (C=O) groups excluding carboxylic acids is 1. The number of nitrogens with one attached hydrogen (secondary N) is 1. The second kappa shape index (κ2) is 7.99. The monoisotopic (exact) mass is 425 g/mol. The zero-order valence-electron chi connectivity index (χ0n) is 17.4. The second-order valence-electron chi connectivity index (χ2n) is 7.08. The van der Waals surface area contributed by atoms with Crippen molar-refractivity contribution in [3.63, 3.8) is 0 Å². The lowest BCUT2D eigenvalue weighted by Crippen LogP contribution is -2.04. The number of anilines is 2. The minimum atomic E-state index is -0.379. The number of nitrogens with zero attached hydrogens (tertiary/aromatic N) is 4. The van der Waals surface area contributed by atoms with Gasteiger partial charge < -0.3 is 14.8 Å². The van der Waals surface area contributed by atoms with E-state index in [2.05, 4.69) is 15.5 Å². The third kappa shape index (κ3) is 3.37. The van der Waals surface area contributed by atoms with Crippen LogP contribution in [0.25, 0.3) is 27.8 Å². The van der Waals surface area contributed by atoms with Gasteiger partial charge in [0, 0.05) is 22.0 Å². The van der Waals surface area contributed by atoms with Crippen molar-refractivity contribution in [2.24, 2.45) is 0 Å². The van der Waals surface area contributed by atoms with E-state index in [0.717, 1.165) is 27.8 Å². The molecule has 8 heteroatoms. The molecule has 2 aromatic heterocycles. The quantitative estimate of drug-likeness (QED) is 0.415. The van der Waals surface area contributed by atoms with Crippen LogP contribution in [0.15, 0.2) is 72.8 Å². The van der Waals surface area contributed by atoms with E-state index in [1.807, 2.05) is 60.7 Å². The Morgan fingerprint density at radius 1 is 0.875 bits per heavy atom. The Morgan fingerprint density at radius 2 is 1.59 bits per heavy atom. The molecule has 0 aliphatic rings. The van der Waals surface area contributed by atoms with Crippen LogP contribution in [-0.4, -0.2) is 40.0 Å². The molecule has 0 bridgehead atoms. The van der Waals surface area contributed by atoms with Gasteiger partial charge in [-0.05, 0) is 48.5 Å². The predicted molar refractivity (Wildman–Crippen MR) is 121 cm³/mol. The number of benzene rings is 3. The average molecular weight is 425 g/mol. The van der Waals surface area contributed by atoms with Gasteiger partial charge in [0.1, 0.15) is 5.75 Å². The summed E-state index contributed by atoms with van der Waals surface area (Å²) in [6.07, 6.45) is 0. The van der Waals surface area contributed by atoms with E-state index in [4.69, 9.17) is 14.6 Å². The molecule has 0 atom stereocenters. The highest BCUT2D eigenvalue weighted by atomic mass is 16.5. The molecule has 158 valence electrons. The third-order valence-corrected chi connectivity index (χ3v) is 5.18. The number of rotatable bonds is 5. The Kier molecular flexibility index (Phi) is 4.87. The summed E-state index contributed by atoms with van der Waals surface area (Å²) >= 11 is 0. The van der Waals surface area contributed by atoms with Gasteiger partial charge in [0.25, 0.3) is 0 Å². The molecule has 3 aromatic carbocycles. The Balaban J connectivity index is 1.62. The SMILES string of the molecule is COC(=O)c1ccc(Nc2nn3c(-c4ccc(OC)cc4)nnc3c3ccccc23)cc1. The maximum absolute atomic E-state index is 11.7. The van der Waals surface area contributed by atoms with Crippen LogP contribution in [0.3, 0.4) is 0 Å². The van der Waals surface area contributed by atoms with Crippen molar-refractivity contribution < 1.29 is 14.3 Å². The largest absolute Gasteiger partial charge is 0.497 e. The molecule has 5 rings (SSSR count). The molecule has 0 unspecified atom stereocenters. The van der Waals surface area contributed by atoms with Crippen LogP contribution in [0.2, 0.25) is 0 Å². The maximum Gasteiger partial charge on any atom is 0.337 e. The Morgan fingerprint density at radius 3 is 2.28 bits per heavy atom. The van der Waals surface area contributed by atoms with Crippen LogP contribution in [0.4, 0.5) is 11.5 Å². The predicted octanol–water partition coefficient (Wildman–Crippen LogP) is 4.48. The fourth-order valence-electron chi connectivity index (χ4n) is 3.54. The van der Waals surface area contributed by atoms with Crippen LogP contribution < -0.4 is 10.1 Å². The Hall–Kier alpha value is -4.46. The third-order valence-electron chi connectivity index (χ3n) is 5.18. The molecule has 0 spiro atoms. The first-order valence-electron chi connectivity index (χ1n) is 9.92. The summed E-state index contributed by atoms with van der Waals surface area (Å²) in [5.41, 5.74) is 2.80. The van der Waals surface area contributed by atoms with Crippen molar-refractivity contribution in [2.75, 3.05) is 19.5 Å². The minimum absolute atomic E-state index is 0.379. The molecule has 2 heterocycles. The molecule has 0 radical (unpaired) electrons. The summed E-state index contributed by atoms with van der Waals surface area (Å²) in [6, 6.07) is 22.5. The lowest BCUT2D eigenvalue weighted by molar-refractivity contribution is 0.0601. The lowest BCUT2D eigenvalue weighted by atomic mass is 10.1.